The minimum absolute atomic E-state index is 0.0325. The summed E-state index contributed by atoms with van der Waals surface area (Å²) in [6.07, 6.45) is -0.729. The summed E-state index contributed by atoms with van der Waals surface area (Å²) < 4.78 is 10.5. The number of unbranched alkanes of at least 4 members (excludes halogenated alkanes) is 1. The Labute approximate surface area is 161 Å². The van der Waals surface area contributed by atoms with Crippen molar-refractivity contribution in [3.8, 4) is 0 Å². The second-order valence-electron chi connectivity index (χ2n) is 7.30. The molecule has 5 unspecified atom stereocenters. The van der Waals surface area contributed by atoms with Crippen molar-refractivity contribution in [2.75, 3.05) is 32.8 Å². The second-order valence-corrected chi connectivity index (χ2v) is 7.30. The van der Waals surface area contributed by atoms with Gasteiger partial charge in [-0.05, 0) is 39.8 Å². The van der Waals surface area contributed by atoms with Gasteiger partial charge in [-0.1, -0.05) is 13.3 Å². The van der Waals surface area contributed by atoms with E-state index < -0.39 is 23.9 Å². The molecule has 0 spiro atoms. The summed E-state index contributed by atoms with van der Waals surface area (Å²) in [5, 5.41) is 45.5. The lowest BCUT2D eigenvalue weighted by Gasteiger charge is -2.42. The highest BCUT2D eigenvalue weighted by Crippen LogP contribution is 2.26. The molecule has 1 aliphatic heterocycles. The van der Waals surface area contributed by atoms with Crippen molar-refractivity contribution in [1.82, 2.24) is 10.6 Å². The van der Waals surface area contributed by atoms with Gasteiger partial charge in [0.15, 0.2) is 0 Å². The van der Waals surface area contributed by atoms with E-state index in [0.29, 0.717) is 19.5 Å². The normalized spacial score (nSPS) is 29.7. The molecule has 0 aromatic carbocycles. The summed E-state index contributed by atoms with van der Waals surface area (Å²) in [7, 11) is 0. The number of esters is 1. The van der Waals surface area contributed by atoms with Gasteiger partial charge in [-0.15, -0.1) is 0 Å². The minimum atomic E-state index is -1.89. The predicted octanol–water partition coefficient (Wildman–Crippen LogP) is -1.27. The van der Waals surface area contributed by atoms with Crippen LogP contribution >= 0.6 is 0 Å². The molecule has 0 saturated carbocycles. The van der Waals surface area contributed by atoms with Crippen molar-refractivity contribution >= 4 is 5.97 Å². The molecule has 27 heavy (non-hydrogen) atoms. The van der Waals surface area contributed by atoms with Crippen molar-refractivity contribution in [3.05, 3.63) is 0 Å². The zero-order valence-electron chi connectivity index (χ0n) is 16.6. The third-order valence-electron chi connectivity index (χ3n) is 4.61. The van der Waals surface area contributed by atoms with Crippen LogP contribution in [0.3, 0.4) is 0 Å². The summed E-state index contributed by atoms with van der Waals surface area (Å²) in [5.74, 6) is -2.76. The molecule has 0 aromatic heterocycles. The van der Waals surface area contributed by atoms with Gasteiger partial charge in [-0.25, -0.2) is 0 Å². The predicted molar refractivity (Wildman–Crippen MR) is 98.9 cm³/mol. The topological polar surface area (TPSA) is 141 Å². The Hall–Kier alpha value is -0.810. The number of likely N-dealkylation sites (N-methyl/N-ethyl adjacent to an activating group) is 1. The largest absolute Gasteiger partial charge is 0.462 e. The smallest absolute Gasteiger partial charge is 0.323 e. The van der Waals surface area contributed by atoms with Crippen LogP contribution in [-0.4, -0.2) is 89.4 Å². The fourth-order valence-corrected chi connectivity index (χ4v) is 3.01. The highest BCUT2D eigenvalue weighted by atomic mass is 16.6. The van der Waals surface area contributed by atoms with E-state index in [9.17, 15) is 20.1 Å². The van der Waals surface area contributed by atoms with Gasteiger partial charge in [0, 0.05) is 5.92 Å². The first kappa shape index (κ1) is 24.2. The van der Waals surface area contributed by atoms with Crippen LogP contribution in [0.15, 0.2) is 0 Å². The molecule has 1 fully saturated rings. The van der Waals surface area contributed by atoms with E-state index in [4.69, 9.17) is 14.6 Å². The quantitative estimate of drug-likeness (QED) is 0.177. The Kier molecular flexibility index (Phi) is 10.7. The number of hydrogen-bond acceptors (Lipinski definition) is 9. The molecule has 9 heteroatoms. The van der Waals surface area contributed by atoms with Gasteiger partial charge in [-0.2, -0.15) is 0 Å². The molecular formula is C18H36N2O7. The molecule has 1 heterocycles. The van der Waals surface area contributed by atoms with E-state index in [1.54, 1.807) is 0 Å². The Balaban J connectivity index is 2.30. The molecular weight excluding hydrogens is 356 g/mol. The number of nitrogens with one attached hydrogen (secondary N) is 2. The van der Waals surface area contributed by atoms with Gasteiger partial charge in [-0.3, -0.25) is 4.79 Å². The number of hydrogen-bond donors (Lipinski definition) is 6. The Morgan fingerprint density at radius 3 is 2.63 bits per heavy atom. The molecule has 6 N–H and O–H groups in total. The van der Waals surface area contributed by atoms with Gasteiger partial charge in [0.05, 0.1) is 32.0 Å². The minimum Gasteiger partial charge on any atom is -0.462 e. The average Bonchev–Trinajstić information content (AvgIpc) is 2.61. The number of carbonyl (C=O) groups is 1. The molecule has 0 radical (unpaired) electrons. The third-order valence-corrected chi connectivity index (χ3v) is 4.61. The number of ether oxygens (including phenoxy) is 2. The lowest BCUT2D eigenvalue weighted by Crippen LogP contribution is -2.63. The fraction of sp³-hybridized carbons (Fsp3) is 0.944. The monoisotopic (exact) mass is 392 g/mol. The van der Waals surface area contributed by atoms with Gasteiger partial charge < -0.3 is 40.5 Å². The average molecular weight is 392 g/mol. The van der Waals surface area contributed by atoms with E-state index in [1.165, 1.54) is 0 Å². The van der Waals surface area contributed by atoms with Crippen LogP contribution in [-0.2, 0) is 14.3 Å². The van der Waals surface area contributed by atoms with E-state index in [1.807, 2.05) is 20.8 Å². The molecule has 160 valence electrons. The van der Waals surface area contributed by atoms with E-state index in [0.717, 1.165) is 12.8 Å². The van der Waals surface area contributed by atoms with Crippen LogP contribution in [0.4, 0.5) is 0 Å². The zero-order valence-corrected chi connectivity index (χ0v) is 16.6. The molecule has 0 aliphatic carbocycles. The van der Waals surface area contributed by atoms with E-state index in [-0.39, 0.29) is 37.9 Å². The van der Waals surface area contributed by atoms with E-state index >= 15 is 0 Å². The van der Waals surface area contributed by atoms with Crippen molar-refractivity contribution in [2.24, 2.45) is 5.92 Å². The summed E-state index contributed by atoms with van der Waals surface area (Å²) >= 11 is 0. The van der Waals surface area contributed by atoms with Gasteiger partial charge in [0.1, 0.15) is 12.1 Å². The number of rotatable bonds is 12. The number of aliphatic hydroxyl groups is 4. The van der Waals surface area contributed by atoms with Crippen molar-refractivity contribution in [1.29, 1.82) is 0 Å². The first-order valence-corrected chi connectivity index (χ1v) is 9.73. The first-order chi connectivity index (χ1) is 12.7. The maximum absolute atomic E-state index is 12.0. The number of aliphatic hydroxyl groups excluding tert-OH is 3. The lowest BCUT2D eigenvalue weighted by atomic mass is 9.90. The van der Waals surface area contributed by atoms with Crippen LogP contribution in [0.25, 0.3) is 0 Å². The van der Waals surface area contributed by atoms with E-state index in [2.05, 4.69) is 10.6 Å². The highest BCUT2D eigenvalue weighted by molar-refractivity contribution is 5.75. The van der Waals surface area contributed by atoms with Gasteiger partial charge in [0.25, 0.3) is 0 Å². The molecule has 0 bridgehead atoms. The molecule has 1 aliphatic rings. The van der Waals surface area contributed by atoms with Crippen molar-refractivity contribution in [2.45, 2.75) is 70.2 Å². The van der Waals surface area contributed by atoms with Gasteiger partial charge in [0.2, 0.25) is 5.79 Å². The SMILES string of the molecule is CCNC(CCCCNCC1(O)OCC(CO)C(O)C1O)C(=O)OC(C)C. The second kappa shape index (κ2) is 11.9. The highest BCUT2D eigenvalue weighted by Gasteiger charge is 2.48. The summed E-state index contributed by atoms with van der Waals surface area (Å²) in [6.45, 7) is 6.39. The molecule has 1 saturated heterocycles. The van der Waals surface area contributed by atoms with Gasteiger partial charge >= 0.3 is 5.97 Å². The summed E-state index contributed by atoms with van der Waals surface area (Å²) in [4.78, 5) is 12.0. The molecule has 0 amide bonds. The lowest BCUT2D eigenvalue weighted by molar-refractivity contribution is -0.312. The molecule has 0 aromatic rings. The first-order valence-electron chi connectivity index (χ1n) is 9.73. The molecule has 9 nitrogen and oxygen atoms in total. The van der Waals surface area contributed by atoms with Crippen molar-refractivity contribution in [3.63, 3.8) is 0 Å². The third kappa shape index (κ3) is 7.61. The fourth-order valence-electron chi connectivity index (χ4n) is 3.01. The molecule has 1 rings (SSSR count). The Bertz CT molecular complexity index is 438. The number of carbonyl (C=O) groups excluding carboxylic acids is 1. The zero-order chi connectivity index (χ0) is 20.4. The molecule has 5 atom stereocenters. The summed E-state index contributed by atoms with van der Waals surface area (Å²) in [5.41, 5.74) is 0. The Morgan fingerprint density at radius 2 is 2.04 bits per heavy atom. The standard InChI is InChI=1S/C18H36N2O7/c1-4-20-14(17(24)27-12(2)3)7-5-6-8-19-11-18(25)16(23)15(22)13(9-21)10-26-18/h12-16,19-23,25H,4-11H2,1-3H3. The van der Waals surface area contributed by atoms with Crippen LogP contribution in [0.1, 0.15) is 40.0 Å². The Morgan fingerprint density at radius 1 is 1.33 bits per heavy atom. The van der Waals surface area contributed by atoms with Crippen LogP contribution < -0.4 is 10.6 Å². The van der Waals surface area contributed by atoms with Crippen LogP contribution in [0, 0.1) is 5.92 Å². The maximum atomic E-state index is 12.0. The van der Waals surface area contributed by atoms with Crippen LogP contribution in [0.2, 0.25) is 0 Å². The van der Waals surface area contributed by atoms with Crippen LogP contribution in [0.5, 0.6) is 0 Å². The summed E-state index contributed by atoms with van der Waals surface area (Å²) in [6, 6.07) is -0.337. The van der Waals surface area contributed by atoms with Crippen molar-refractivity contribution < 1.29 is 34.7 Å². The maximum Gasteiger partial charge on any atom is 0.323 e.